The predicted octanol–water partition coefficient (Wildman–Crippen LogP) is 0.926. The van der Waals surface area contributed by atoms with Gasteiger partial charge in [-0.15, -0.1) is 0 Å². The van der Waals surface area contributed by atoms with Crippen LogP contribution in [0.5, 0.6) is 11.5 Å². The van der Waals surface area contributed by atoms with Crippen molar-refractivity contribution in [3.63, 3.8) is 0 Å². The summed E-state index contributed by atoms with van der Waals surface area (Å²) in [4.78, 5) is 59.9. The molecule has 1 aromatic rings. The molecule has 17 heteroatoms. The Balaban J connectivity index is 0.000000794. The SMILES string of the molecule is COc1ccc2c3c1O[C@H]1C(OC(=O)[C@H](C)OC(=O)[C@H](CCC(=O)O)NC(=O)[C@H](C)O)=CC[C@@]4(O)[C@@H](C2)N(C)CC[C@]314.O=CC(F)(F)F. The van der Waals surface area contributed by atoms with E-state index < -0.39 is 78.1 Å². The molecule has 1 fully saturated rings. The first-order valence-electron chi connectivity index (χ1n) is 15.0. The molecule has 0 aromatic heterocycles. The summed E-state index contributed by atoms with van der Waals surface area (Å²) in [5, 5.41) is 33.0. The number of rotatable bonds is 10. The summed E-state index contributed by atoms with van der Waals surface area (Å²) in [7, 11) is 3.52. The van der Waals surface area contributed by atoms with Gasteiger partial charge in [0.05, 0.1) is 18.1 Å². The normalized spacial score (nSPS) is 26.9. The number of esters is 2. The number of nitrogens with zero attached hydrogens (tertiary/aromatic N) is 1. The van der Waals surface area contributed by atoms with Crippen LogP contribution in [0.2, 0.25) is 0 Å². The number of methoxy groups -OCH3 is 1. The van der Waals surface area contributed by atoms with E-state index in [9.17, 15) is 42.6 Å². The van der Waals surface area contributed by atoms with Crippen LogP contribution in [0.3, 0.4) is 0 Å². The summed E-state index contributed by atoms with van der Waals surface area (Å²) in [5.41, 5.74) is -0.173. The summed E-state index contributed by atoms with van der Waals surface area (Å²) >= 11 is 0. The van der Waals surface area contributed by atoms with Crippen molar-refractivity contribution < 1.29 is 71.4 Å². The number of piperidine rings is 1. The third-order valence-corrected chi connectivity index (χ3v) is 9.16. The van der Waals surface area contributed by atoms with Crippen molar-refractivity contribution in [2.24, 2.45) is 0 Å². The molecule has 2 aliphatic heterocycles. The molecule has 264 valence electrons. The summed E-state index contributed by atoms with van der Waals surface area (Å²) < 4.78 is 54.3. The van der Waals surface area contributed by atoms with Crippen LogP contribution in [0, 0.1) is 0 Å². The Labute approximate surface area is 272 Å². The number of aliphatic hydroxyl groups is 2. The number of likely N-dealkylation sites (tertiary alicyclic amines) is 1. The minimum absolute atomic E-state index is 0.183. The van der Waals surface area contributed by atoms with E-state index in [2.05, 4.69) is 10.2 Å². The third kappa shape index (κ3) is 6.71. The Bertz CT molecular complexity index is 1500. The van der Waals surface area contributed by atoms with Gasteiger partial charge in [0.25, 0.3) is 0 Å². The number of aliphatic hydroxyl groups excluding tert-OH is 1. The van der Waals surface area contributed by atoms with Gasteiger partial charge in [-0.1, -0.05) is 6.07 Å². The Morgan fingerprint density at radius 3 is 2.46 bits per heavy atom. The molecule has 1 spiro atoms. The predicted molar refractivity (Wildman–Crippen MR) is 156 cm³/mol. The van der Waals surface area contributed by atoms with Crippen molar-refractivity contribution in [2.45, 2.75) is 93.5 Å². The van der Waals surface area contributed by atoms with Crippen LogP contribution in [-0.2, 0) is 45.3 Å². The van der Waals surface area contributed by atoms with Crippen molar-refractivity contribution in [2.75, 3.05) is 20.7 Å². The fraction of sp³-hybridized carbons (Fsp3) is 0.581. The van der Waals surface area contributed by atoms with Crippen LogP contribution in [0.1, 0.15) is 50.7 Å². The quantitative estimate of drug-likeness (QED) is 0.201. The van der Waals surface area contributed by atoms with E-state index in [1.165, 1.54) is 21.0 Å². The number of likely N-dealkylation sites (N-methyl/N-ethyl adjacent to an activating group) is 1. The number of carbonyl (C=O) groups excluding carboxylic acids is 4. The lowest BCUT2D eigenvalue weighted by Crippen LogP contribution is -2.74. The lowest BCUT2D eigenvalue weighted by molar-refractivity contribution is -0.176. The van der Waals surface area contributed by atoms with Crippen LogP contribution >= 0.6 is 0 Å². The van der Waals surface area contributed by atoms with Gasteiger partial charge in [0.2, 0.25) is 12.2 Å². The molecule has 4 aliphatic rings. The minimum Gasteiger partial charge on any atom is -0.493 e. The number of benzene rings is 1. The monoisotopic (exact) mass is 686 g/mol. The first kappa shape index (κ1) is 36.6. The second-order valence-corrected chi connectivity index (χ2v) is 12.1. The van der Waals surface area contributed by atoms with Gasteiger partial charge in [0.15, 0.2) is 23.7 Å². The standard InChI is InChI=1S/C29H36N2O11.C2HF3O/c1-14(32)25(35)30-17(6-8-21(33)34)27(37)40-15(2)26(36)41-19-9-10-29(38)20-13-16-5-7-18(39-4)23-22(16)28(29,24(19)42-23)11-12-31(20)3;3-2(4,5)1-6/h5,7,9,14-15,17,20,24,32,38H,6,8,10-13H2,1-4H3,(H,30,35)(H,33,34);1H/t14-,15-,17-,20+,24-,28-,29+;/m0./s1. The average Bonchev–Trinajstić information content (AvgIpc) is 3.37. The van der Waals surface area contributed by atoms with Crippen LogP contribution in [0.15, 0.2) is 24.0 Å². The first-order chi connectivity index (χ1) is 22.4. The highest BCUT2D eigenvalue weighted by Crippen LogP contribution is 2.65. The van der Waals surface area contributed by atoms with Crippen molar-refractivity contribution in [1.29, 1.82) is 0 Å². The van der Waals surface area contributed by atoms with Gasteiger partial charge in [0.1, 0.15) is 17.9 Å². The van der Waals surface area contributed by atoms with Crippen LogP contribution < -0.4 is 14.8 Å². The van der Waals surface area contributed by atoms with Gasteiger partial charge in [-0.2, -0.15) is 13.2 Å². The van der Waals surface area contributed by atoms with Gasteiger partial charge in [0, 0.05) is 24.4 Å². The Morgan fingerprint density at radius 1 is 1.21 bits per heavy atom. The maximum absolute atomic E-state index is 13.2. The van der Waals surface area contributed by atoms with Gasteiger partial charge in [-0.25, -0.2) is 9.59 Å². The maximum Gasteiger partial charge on any atom is 0.446 e. The topological polar surface area (TPSA) is 198 Å². The van der Waals surface area contributed by atoms with E-state index in [1.807, 2.05) is 19.2 Å². The van der Waals surface area contributed by atoms with Gasteiger partial charge in [-0.05, 0) is 64.4 Å². The van der Waals surface area contributed by atoms with Crippen molar-refractivity contribution in [3.8, 4) is 11.5 Å². The fourth-order valence-corrected chi connectivity index (χ4v) is 6.90. The zero-order valence-corrected chi connectivity index (χ0v) is 26.5. The third-order valence-electron chi connectivity index (χ3n) is 9.16. The number of carboxylic acid groups (broad SMARTS) is 1. The number of carbonyl (C=O) groups is 5. The van der Waals surface area contributed by atoms with E-state index in [0.29, 0.717) is 30.9 Å². The number of nitrogens with one attached hydrogen (secondary N) is 1. The molecular weight excluding hydrogens is 649 g/mol. The number of carboxylic acids is 1. The highest BCUT2D eigenvalue weighted by atomic mass is 19.4. The average molecular weight is 687 g/mol. The molecule has 4 N–H and O–H groups in total. The molecule has 0 saturated carbocycles. The molecule has 48 heavy (non-hydrogen) atoms. The molecule has 1 aromatic carbocycles. The van der Waals surface area contributed by atoms with Gasteiger partial charge in [-0.3, -0.25) is 14.4 Å². The number of halogens is 3. The van der Waals surface area contributed by atoms with Gasteiger partial charge < -0.3 is 44.5 Å². The molecule has 0 unspecified atom stereocenters. The highest BCUT2D eigenvalue weighted by molar-refractivity contribution is 5.88. The summed E-state index contributed by atoms with van der Waals surface area (Å²) in [6, 6.07) is 2.23. The zero-order valence-electron chi connectivity index (χ0n) is 26.5. The lowest BCUT2D eigenvalue weighted by atomic mass is 9.50. The van der Waals surface area contributed by atoms with E-state index >= 15 is 0 Å². The summed E-state index contributed by atoms with van der Waals surface area (Å²) in [6.45, 7) is 3.17. The second-order valence-electron chi connectivity index (χ2n) is 12.1. The lowest BCUT2D eigenvalue weighted by Gasteiger charge is -2.61. The van der Waals surface area contributed by atoms with E-state index in [1.54, 1.807) is 6.08 Å². The van der Waals surface area contributed by atoms with E-state index in [0.717, 1.165) is 11.1 Å². The highest BCUT2D eigenvalue weighted by Gasteiger charge is 2.72. The molecule has 5 rings (SSSR count). The number of ether oxygens (including phenoxy) is 4. The summed E-state index contributed by atoms with van der Waals surface area (Å²) in [5.74, 6) is -2.85. The molecule has 14 nitrogen and oxygen atoms in total. The molecule has 1 amide bonds. The molecule has 1 saturated heterocycles. The first-order valence-corrected chi connectivity index (χ1v) is 15.0. The molecule has 2 aliphatic carbocycles. The fourth-order valence-electron chi connectivity index (χ4n) is 6.90. The van der Waals surface area contributed by atoms with Crippen LogP contribution in [-0.4, -0.2) is 113 Å². The zero-order chi connectivity index (χ0) is 35.8. The number of hydrogen-bond acceptors (Lipinski definition) is 12. The van der Waals surface area contributed by atoms with Crippen LogP contribution in [0.4, 0.5) is 13.2 Å². The Kier molecular flexibility index (Phi) is 10.5. The number of alkyl halides is 3. The molecule has 0 radical (unpaired) electrons. The molecular formula is C31H37F3N2O12. The van der Waals surface area contributed by atoms with Crippen molar-refractivity contribution >= 4 is 30.1 Å². The molecule has 7 atom stereocenters. The van der Waals surface area contributed by atoms with E-state index in [-0.39, 0.29) is 24.6 Å². The maximum atomic E-state index is 13.2. The second kappa shape index (κ2) is 13.7. The van der Waals surface area contributed by atoms with Crippen molar-refractivity contribution in [3.05, 3.63) is 35.1 Å². The molecule has 2 heterocycles. The number of aldehydes is 1. The number of amides is 1. The number of aliphatic carboxylic acids is 1. The Morgan fingerprint density at radius 2 is 1.88 bits per heavy atom. The molecule has 2 bridgehead atoms. The minimum atomic E-state index is -4.64. The largest absolute Gasteiger partial charge is 0.493 e. The van der Waals surface area contributed by atoms with Gasteiger partial charge >= 0.3 is 24.1 Å². The van der Waals surface area contributed by atoms with Crippen molar-refractivity contribution in [1.82, 2.24) is 10.2 Å². The van der Waals surface area contributed by atoms with Crippen LogP contribution in [0.25, 0.3) is 0 Å². The smallest absolute Gasteiger partial charge is 0.446 e. The Hall–Kier alpha value is -4.22. The number of hydrogen-bond donors (Lipinski definition) is 4. The van der Waals surface area contributed by atoms with E-state index in [4.69, 9.17) is 28.8 Å². The summed E-state index contributed by atoms with van der Waals surface area (Å²) in [6.07, 6.45) is -7.17.